The number of H-pyrrole nitrogens is 1. The van der Waals surface area contributed by atoms with E-state index in [1.807, 2.05) is 6.92 Å². The summed E-state index contributed by atoms with van der Waals surface area (Å²) in [5.41, 5.74) is 0.576. The summed E-state index contributed by atoms with van der Waals surface area (Å²) in [4.78, 5) is 30.9. The van der Waals surface area contributed by atoms with Crippen LogP contribution in [0.3, 0.4) is 0 Å². The number of aryl methyl sites for hydroxylation is 1. The van der Waals surface area contributed by atoms with E-state index < -0.39 is 5.69 Å². The number of aromatic amines is 1. The molecule has 0 saturated carbocycles. The number of rotatable bonds is 3. The summed E-state index contributed by atoms with van der Waals surface area (Å²) >= 11 is 5.93. The van der Waals surface area contributed by atoms with Gasteiger partial charge in [0.05, 0.1) is 16.9 Å². The van der Waals surface area contributed by atoms with E-state index in [1.165, 1.54) is 0 Å². The molecular formula is C13H14ClN3O2. The van der Waals surface area contributed by atoms with Crippen molar-refractivity contribution in [3.8, 4) is 5.69 Å². The van der Waals surface area contributed by atoms with Crippen LogP contribution in [-0.4, -0.2) is 14.5 Å². The van der Waals surface area contributed by atoms with Crippen LogP contribution in [0.4, 0.5) is 0 Å². The minimum atomic E-state index is -0.550. The number of hydrogen-bond acceptors (Lipinski definition) is 3. The standard InChI is InChI=1S/C13H14ClN3O2/c1-3-5-9-11(14)16-13(19)17(12(9)18)10-6-4-7-15-8(10)2/h4,6-7H,3,5H2,1-2H3,(H,16,19). The van der Waals surface area contributed by atoms with Crippen LogP contribution in [0.25, 0.3) is 5.69 Å². The molecule has 0 saturated heterocycles. The molecule has 0 amide bonds. The number of nitrogens with zero attached hydrogens (tertiary/aromatic N) is 2. The molecule has 0 spiro atoms. The van der Waals surface area contributed by atoms with Gasteiger partial charge in [0.25, 0.3) is 5.56 Å². The number of nitrogens with one attached hydrogen (secondary N) is 1. The van der Waals surface area contributed by atoms with E-state index in [0.29, 0.717) is 23.4 Å². The third-order valence-corrected chi connectivity index (χ3v) is 3.19. The third-order valence-electron chi connectivity index (χ3n) is 2.87. The molecule has 1 N–H and O–H groups in total. The zero-order chi connectivity index (χ0) is 14.0. The van der Waals surface area contributed by atoms with Crippen molar-refractivity contribution in [3.63, 3.8) is 0 Å². The molecule has 2 rings (SSSR count). The average molecular weight is 280 g/mol. The lowest BCUT2D eigenvalue weighted by Crippen LogP contribution is -2.36. The summed E-state index contributed by atoms with van der Waals surface area (Å²) in [7, 11) is 0. The Hall–Kier alpha value is -1.88. The Labute approximate surface area is 114 Å². The van der Waals surface area contributed by atoms with E-state index in [9.17, 15) is 9.59 Å². The molecule has 100 valence electrons. The normalized spacial score (nSPS) is 10.7. The van der Waals surface area contributed by atoms with Crippen molar-refractivity contribution in [3.05, 3.63) is 55.6 Å². The van der Waals surface area contributed by atoms with Gasteiger partial charge in [-0.2, -0.15) is 0 Å². The highest BCUT2D eigenvalue weighted by molar-refractivity contribution is 6.30. The van der Waals surface area contributed by atoms with Crippen LogP contribution in [0.5, 0.6) is 0 Å². The van der Waals surface area contributed by atoms with E-state index in [2.05, 4.69) is 9.97 Å². The van der Waals surface area contributed by atoms with E-state index in [-0.39, 0.29) is 10.7 Å². The second-order valence-corrected chi connectivity index (χ2v) is 4.60. The summed E-state index contributed by atoms with van der Waals surface area (Å²) in [6.45, 7) is 3.69. The van der Waals surface area contributed by atoms with Crippen LogP contribution >= 0.6 is 11.6 Å². The van der Waals surface area contributed by atoms with Gasteiger partial charge in [0.2, 0.25) is 0 Å². The smallest absolute Gasteiger partial charge is 0.297 e. The summed E-state index contributed by atoms with van der Waals surface area (Å²) in [6, 6.07) is 3.37. The number of halogens is 1. The Morgan fingerprint density at radius 1 is 1.42 bits per heavy atom. The first-order valence-corrected chi connectivity index (χ1v) is 6.39. The summed E-state index contributed by atoms with van der Waals surface area (Å²) in [5, 5.41) is 0.120. The van der Waals surface area contributed by atoms with Gasteiger partial charge in [0, 0.05) is 6.20 Å². The minimum Gasteiger partial charge on any atom is -0.297 e. The quantitative estimate of drug-likeness (QED) is 0.872. The molecule has 2 aromatic heterocycles. The highest BCUT2D eigenvalue weighted by Gasteiger charge is 2.14. The first kappa shape index (κ1) is 13.5. The predicted molar refractivity (Wildman–Crippen MR) is 74.2 cm³/mol. The molecule has 5 nitrogen and oxygen atoms in total. The molecule has 0 fully saturated rings. The van der Waals surface area contributed by atoms with Gasteiger partial charge in [-0.25, -0.2) is 9.36 Å². The molecule has 0 atom stereocenters. The predicted octanol–water partition coefficient (Wildman–Crippen LogP) is 1.84. The minimum absolute atomic E-state index is 0.120. The van der Waals surface area contributed by atoms with Gasteiger partial charge in [-0.3, -0.25) is 14.8 Å². The van der Waals surface area contributed by atoms with Crippen LogP contribution < -0.4 is 11.2 Å². The van der Waals surface area contributed by atoms with Crippen molar-refractivity contribution in [1.82, 2.24) is 14.5 Å². The highest BCUT2D eigenvalue weighted by Crippen LogP contribution is 2.11. The van der Waals surface area contributed by atoms with Crippen LogP contribution in [0.2, 0.25) is 5.15 Å². The zero-order valence-corrected chi connectivity index (χ0v) is 11.5. The monoisotopic (exact) mass is 279 g/mol. The molecule has 0 aliphatic rings. The van der Waals surface area contributed by atoms with Gasteiger partial charge in [-0.05, 0) is 25.5 Å². The Morgan fingerprint density at radius 2 is 2.16 bits per heavy atom. The first-order chi connectivity index (χ1) is 9.06. The van der Waals surface area contributed by atoms with Gasteiger partial charge in [0.15, 0.2) is 0 Å². The van der Waals surface area contributed by atoms with E-state index >= 15 is 0 Å². The van der Waals surface area contributed by atoms with Crippen LogP contribution in [0, 0.1) is 6.92 Å². The molecule has 0 radical (unpaired) electrons. The van der Waals surface area contributed by atoms with Crippen molar-refractivity contribution in [2.75, 3.05) is 0 Å². The molecule has 0 aliphatic carbocycles. The van der Waals surface area contributed by atoms with Crippen molar-refractivity contribution in [1.29, 1.82) is 0 Å². The fourth-order valence-electron chi connectivity index (χ4n) is 1.94. The fourth-order valence-corrected chi connectivity index (χ4v) is 2.20. The molecule has 2 aromatic rings. The molecular weight excluding hydrogens is 266 g/mol. The maximum Gasteiger partial charge on any atom is 0.334 e. The molecule has 0 aliphatic heterocycles. The lowest BCUT2D eigenvalue weighted by Gasteiger charge is -2.09. The highest BCUT2D eigenvalue weighted by atomic mass is 35.5. The second-order valence-electron chi connectivity index (χ2n) is 4.22. The molecule has 0 bridgehead atoms. The van der Waals surface area contributed by atoms with Crippen molar-refractivity contribution < 1.29 is 0 Å². The molecule has 0 unspecified atom stereocenters. The van der Waals surface area contributed by atoms with Gasteiger partial charge in [0.1, 0.15) is 5.15 Å². The Bertz CT molecular complexity index is 719. The fraction of sp³-hybridized carbons (Fsp3) is 0.308. The Balaban J connectivity index is 2.78. The summed E-state index contributed by atoms with van der Waals surface area (Å²) in [5.74, 6) is 0. The topological polar surface area (TPSA) is 67.8 Å². The lowest BCUT2D eigenvalue weighted by molar-refractivity contribution is 0.804. The Morgan fingerprint density at radius 3 is 2.79 bits per heavy atom. The van der Waals surface area contributed by atoms with Crippen LogP contribution in [0.1, 0.15) is 24.6 Å². The second kappa shape index (κ2) is 5.40. The molecule has 19 heavy (non-hydrogen) atoms. The lowest BCUT2D eigenvalue weighted by atomic mass is 10.2. The van der Waals surface area contributed by atoms with Crippen LogP contribution in [0.15, 0.2) is 27.9 Å². The van der Waals surface area contributed by atoms with Gasteiger partial charge in [-0.15, -0.1) is 0 Å². The molecule has 6 heteroatoms. The summed E-state index contributed by atoms with van der Waals surface area (Å²) < 4.78 is 1.08. The zero-order valence-electron chi connectivity index (χ0n) is 10.7. The third kappa shape index (κ3) is 2.46. The van der Waals surface area contributed by atoms with Crippen molar-refractivity contribution in [2.45, 2.75) is 26.7 Å². The number of hydrogen-bond donors (Lipinski definition) is 1. The van der Waals surface area contributed by atoms with Gasteiger partial charge in [-0.1, -0.05) is 24.9 Å². The summed E-state index contributed by atoms with van der Waals surface area (Å²) in [6.07, 6.45) is 2.90. The van der Waals surface area contributed by atoms with E-state index in [1.54, 1.807) is 25.3 Å². The average Bonchev–Trinajstić information content (AvgIpc) is 2.36. The number of pyridine rings is 1. The van der Waals surface area contributed by atoms with E-state index in [0.717, 1.165) is 11.0 Å². The van der Waals surface area contributed by atoms with Crippen molar-refractivity contribution in [2.24, 2.45) is 0 Å². The van der Waals surface area contributed by atoms with E-state index in [4.69, 9.17) is 11.6 Å². The SMILES string of the molecule is CCCc1c(Cl)[nH]c(=O)n(-c2cccnc2C)c1=O. The van der Waals surface area contributed by atoms with Crippen molar-refractivity contribution >= 4 is 11.6 Å². The number of aromatic nitrogens is 3. The molecule has 2 heterocycles. The largest absolute Gasteiger partial charge is 0.334 e. The van der Waals surface area contributed by atoms with Gasteiger partial charge < -0.3 is 0 Å². The molecule has 0 aromatic carbocycles. The maximum absolute atomic E-state index is 12.4. The maximum atomic E-state index is 12.4. The van der Waals surface area contributed by atoms with Crippen LogP contribution in [-0.2, 0) is 6.42 Å². The first-order valence-electron chi connectivity index (χ1n) is 6.02. The van der Waals surface area contributed by atoms with Gasteiger partial charge >= 0.3 is 5.69 Å². The Kier molecular flexibility index (Phi) is 3.85.